The topological polar surface area (TPSA) is 30.0 Å². The van der Waals surface area contributed by atoms with Gasteiger partial charge >= 0.3 is 0 Å². The van der Waals surface area contributed by atoms with Crippen LogP contribution >= 0.6 is 0 Å². The van der Waals surface area contributed by atoms with Crippen molar-refractivity contribution in [2.45, 2.75) is 13.3 Å². The van der Waals surface area contributed by atoms with Gasteiger partial charge in [-0.15, -0.1) is 0 Å². The molecule has 19 heavy (non-hydrogen) atoms. The van der Waals surface area contributed by atoms with Gasteiger partial charge in [-0.3, -0.25) is 9.78 Å². The molecule has 0 spiro atoms. The normalized spacial score (nSPS) is 10.5. The third-order valence-corrected chi connectivity index (χ3v) is 2.78. The van der Waals surface area contributed by atoms with Crippen molar-refractivity contribution < 1.29 is 18.0 Å². The standard InChI is InChI=1S/C14H10F3NO/c1-8-3-2-6-18-11(8)7-12(19)9-4-5-10(15)14(17)13(9)16/h2-6H,7H2,1H3. The SMILES string of the molecule is Cc1cccnc1CC(=O)c1ccc(F)c(F)c1F. The molecule has 0 saturated carbocycles. The van der Waals surface area contributed by atoms with E-state index < -0.39 is 28.8 Å². The smallest absolute Gasteiger partial charge is 0.195 e. The number of aryl methyl sites for hydroxylation is 1. The van der Waals surface area contributed by atoms with Crippen LogP contribution in [0, 0.1) is 24.4 Å². The van der Waals surface area contributed by atoms with Crippen LogP contribution in [0.3, 0.4) is 0 Å². The number of carbonyl (C=O) groups excluding carboxylic acids is 1. The van der Waals surface area contributed by atoms with Gasteiger partial charge in [0.1, 0.15) is 0 Å². The maximum atomic E-state index is 13.5. The molecule has 0 N–H and O–H groups in total. The summed E-state index contributed by atoms with van der Waals surface area (Å²) < 4.78 is 39.3. The molecule has 0 atom stereocenters. The zero-order valence-corrected chi connectivity index (χ0v) is 10.1. The number of rotatable bonds is 3. The summed E-state index contributed by atoms with van der Waals surface area (Å²) in [5, 5.41) is 0. The molecule has 0 amide bonds. The van der Waals surface area contributed by atoms with Gasteiger partial charge in [0.2, 0.25) is 0 Å². The van der Waals surface area contributed by atoms with Crippen molar-refractivity contribution >= 4 is 5.78 Å². The number of halogens is 3. The van der Waals surface area contributed by atoms with Crippen molar-refractivity contribution in [1.82, 2.24) is 4.98 Å². The van der Waals surface area contributed by atoms with E-state index in [2.05, 4.69) is 4.98 Å². The van der Waals surface area contributed by atoms with Crippen molar-refractivity contribution in [2.24, 2.45) is 0 Å². The molecule has 2 aromatic rings. The van der Waals surface area contributed by atoms with E-state index in [-0.39, 0.29) is 6.42 Å². The lowest BCUT2D eigenvalue weighted by Gasteiger charge is -2.05. The number of pyridine rings is 1. The predicted octanol–water partition coefficient (Wildman–Crippen LogP) is 3.23. The van der Waals surface area contributed by atoms with Gasteiger partial charge < -0.3 is 0 Å². The fourth-order valence-electron chi connectivity index (χ4n) is 1.69. The highest BCUT2D eigenvalue weighted by atomic mass is 19.2. The lowest BCUT2D eigenvalue weighted by molar-refractivity contribution is 0.0986. The summed E-state index contributed by atoms with van der Waals surface area (Å²) in [6, 6.07) is 5.14. The van der Waals surface area contributed by atoms with Crippen LogP contribution in [0.5, 0.6) is 0 Å². The van der Waals surface area contributed by atoms with Crippen molar-refractivity contribution in [2.75, 3.05) is 0 Å². The van der Waals surface area contributed by atoms with Crippen LogP contribution in [-0.2, 0) is 6.42 Å². The van der Waals surface area contributed by atoms with E-state index in [4.69, 9.17) is 0 Å². The summed E-state index contributed by atoms with van der Waals surface area (Å²) in [6.07, 6.45) is 1.35. The highest BCUT2D eigenvalue weighted by Gasteiger charge is 2.19. The third kappa shape index (κ3) is 2.65. The Morgan fingerprint density at radius 2 is 1.89 bits per heavy atom. The van der Waals surface area contributed by atoms with Gasteiger partial charge in [-0.2, -0.15) is 0 Å². The second-order valence-corrected chi connectivity index (χ2v) is 4.09. The molecule has 1 heterocycles. The first-order valence-corrected chi connectivity index (χ1v) is 5.58. The van der Waals surface area contributed by atoms with Gasteiger partial charge in [0, 0.05) is 6.20 Å². The summed E-state index contributed by atoms with van der Waals surface area (Å²) in [5.41, 5.74) is 0.791. The first-order chi connectivity index (χ1) is 9.00. The number of benzene rings is 1. The first kappa shape index (κ1) is 13.3. The zero-order chi connectivity index (χ0) is 14.0. The lowest BCUT2D eigenvalue weighted by atomic mass is 10.0. The van der Waals surface area contributed by atoms with Crippen molar-refractivity contribution in [3.05, 3.63) is 64.7 Å². The second kappa shape index (κ2) is 5.22. The van der Waals surface area contributed by atoms with E-state index in [1.165, 1.54) is 6.20 Å². The van der Waals surface area contributed by atoms with Crippen LogP contribution in [-0.4, -0.2) is 10.8 Å². The van der Waals surface area contributed by atoms with E-state index in [1.54, 1.807) is 19.1 Å². The molecular formula is C14H10F3NO. The molecule has 2 nitrogen and oxygen atoms in total. The Labute approximate surface area is 107 Å². The monoisotopic (exact) mass is 265 g/mol. The molecule has 0 aliphatic carbocycles. The maximum Gasteiger partial charge on any atom is 0.195 e. The van der Waals surface area contributed by atoms with Crippen LogP contribution in [0.4, 0.5) is 13.2 Å². The van der Waals surface area contributed by atoms with E-state index in [0.717, 1.165) is 17.7 Å². The minimum atomic E-state index is -1.64. The second-order valence-electron chi connectivity index (χ2n) is 4.09. The van der Waals surface area contributed by atoms with Crippen LogP contribution in [0.25, 0.3) is 0 Å². The van der Waals surface area contributed by atoms with Crippen LogP contribution < -0.4 is 0 Å². The summed E-state index contributed by atoms with van der Waals surface area (Å²) in [6.45, 7) is 1.76. The van der Waals surface area contributed by atoms with Gasteiger partial charge in [0.05, 0.1) is 17.7 Å². The fraction of sp³-hybridized carbons (Fsp3) is 0.143. The molecule has 0 unspecified atom stereocenters. The molecule has 0 aliphatic rings. The molecule has 0 fully saturated rings. The largest absolute Gasteiger partial charge is 0.294 e. The molecular weight excluding hydrogens is 255 g/mol. The molecule has 2 rings (SSSR count). The summed E-state index contributed by atoms with van der Waals surface area (Å²) in [4.78, 5) is 15.9. The quantitative estimate of drug-likeness (QED) is 0.630. The zero-order valence-electron chi connectivity index (χ0n) is 10.1. The van der Waals surface area contributed by atoms with Crippen LogP contribution in [0.2, 0.25) is 0 Å². The number of hydrogen-bond acceptors (Lipinski definition) is 2. The summed E-state index contributed by atoms with van der Waals surface area (Å²) >= 11 is 0. The molecule has 5 heteroatoms. The predicted molar refractivity (Wildman–Crippen MR) is 63.3 cm³/mol. The van der Waals surface area contributed by atoms with Crippen molar-refractivity contribution in [1.29, 1.82) is 0 Å². The lowest BCUT2D eigenvalue weighted by Crippen LogP contribution is -2.10. The number of carbonyl (C=O) groups is 1. The van der Waals surface area contributed by atoms with Gasteiger partial charge in [-0.1, -0.05) is 6.07 Å². The Balaban J connectivity index is 2.31. The van der Waals surface area contributed by atoms with Crippen LogP contribution in [0.15, 0.2) is 30.5 Å². The number of aromatic nitrogens is 1. The van der Waals surface area contributed by atoms with Crippen molar-refractivity contribution in [3.63, 3.8) is 0 Å². The summed E-state index contributed by atoms with van der Waals surface area (Å²) in [7, 11) is 0. The summed E-state index contributed by atoms with van der Waals surface area (Å²) in [5.74, 6) is -5.05. The third-order valence-electron chi connectivity index (χ3n) is 2.78. The van der Waals surface area contributed by atoms with Gasteiger partial charge in [0.25, 0.3) is 0 Å². The minimum absolute atomic E-state index is 0.158. The Hall–Kier alpha value is -2.17. The number of ketones is 1. The van der Waals surface area contributed by atoms with E-state index >= 15 is 0 Å². The van der Waals surface area contributed by atoms with Crippen molar-refractivity contribution in [3.8, 4) is 0 Å². The van der Waals surface area contributed by atoms with Crippen LogP contribution in [0.1, 0.15) is 21.6 Å². The average Bonchev–Trinajstić information content (AvgIpc) is 2.39. The number of Topliss-reactive ketones (excluding diaryl/α,β-unsaturated/α-hetero) is 1. The average molecular weight is 265 g/mol. The highest BCUT2D eigenvalue weighted by Crippen LogP contribution is 2.17. The molecule has 0 radical (unpaired) electrons. The molecule has 1 aromatic carbocycles. The maximum absolute atomic E-state index is 13.5. The Morgan fingerprint density at radius 3 is 2.58 bits per heavy atom. The van der Waals surface area contributed by atoms with E-state index in [9.17, 15) is 18.0 Å². The number of nitrogens with zero attached hydrogens (tertiary/aromatic N) is 1. The molecule has 1 aromatic heterocycles. The first-order valence-electron chi connectivity index (χ1n) is 5.58. The van der Waals surface area contributed by atoms with Gasteiger partial charge in [-0.25, -0.2) is 13.2 Å². The molecule has 98 valence electrons. The van der Waals surface area contributed by atoms with Gasteiger partial charge in [0.15, 0.2) is 23.2 Å². The highest BCUT2D eigenvalue weighted by molar-refractivity contribution is 5.97. The molecule has 0 saturated heterocycles. The van der Waals surface area contributed by atoms with Gasteiger partial charge in [-0.05, 0) is 30.7 Å². The molecule has 0 bridgehead atoms. The minimum Gasteiger partial charge on any atom is -0.294 e. The van der Waals surface area contributed by atoms with E-state index in [0.29, 0.717) is 5.69 Å². The Bertz CT molecular complexity index is 641. The van der Waals surface area contributed by atoms with E-state index in [1.807, 2.05) is 0 Å². The number of hydrogen-bond donors (Lipinski definition) is 0. The Morgan fingerprint density at radius 1 is 1.16 bits per heavy atom. The Kier molecular flexibility index (Phi) is 3.64. The molecule has 0 aliphatic heterocycles. The fourth-order valence-corrected chi connectivity index (χ4v) is 1.69.